The fourth-order valence-electron chi connectivity index (χ4n) is 2.00. The summed E-state index contributed by atoms with van der Waals surface area (Å²) >= 11 is 0. The Morgan fingerprint density at radius 1 is 1.31 bits per heavy atom. The Hall–Kier alpha value is -1.53. The lowest BCUT2D eigenvalue weighted by Crippen LogP contribution is -2.39. The summed E-state index contributed by atoms with van der Waals surface area (Å²) in [6.07, 6.45) is 3.88. The molecule has 2 N–H and O–H groups in total. The third-order valence-corrected chi connectivity index (χ3v) is 2.98. The zero-order chi connectivity index (χ0) is 11.2. The lowest BCUT2D eigenvalue weighted by atomic mass is 10.1. The molecule has 1 atom stereocenters. The summed E-state index contributed by atoms with van der Waals surface area (Å²) in [6.45, 7) is 2.10. The van der Waals surface area contributed by atoms with E-state index < -0.39 is 0 Å². The summed E-state index contributed by atoms with van der Waals surface area (Å²) in [6, 6.07) is 10.3. The topological polar surface area (TPSA) is 47.9 Å². The zero-order valence-electron chi connectivity index (χ0n) is 9.37. The van der Waals surface area contributed by atoms with Crippen LogP contribution in [0.4, 0.5) is 5.69 Å². The second-order valence-electron chi connectivity index (χ2n) is 4.22. The number of piperidine rings is 1. The van der Waals surface area contributed by atoms with Gasteiger partial charge in [-0.25, -0.2) is 0 Å². The zero-order valence-corrected chi connectivity index (χ0v) is 9.37. The molecule has 2 rings (SSSR count). The van der Waals surface area contributed by atoms with Crippen LogP contribution in [0.3, 0.4) is 0 Å². The van der Waals surface area contributed by atoms with Crippen LogP contribution in [-0.2, 0) is 0 Å². The first kappa shape index (κ1) is 11.0. The van der Waals surface area contributed by atoms with Crippen LogP contribution < -0.4 is 10.6 Å². The van der Waals surface area contributed by atoms with Crippen molar-refractivity contribution in [1.82, 2.24) is 5.32 Å². The van der Waals surface area contributed by atoms with Crippen molar-refractivity contribution >= 4 is 5.69 Å². The average molecular weight is 215 g/mol. The van der Waals surface area contributed by atoms with Crippen molar-refractivity contribution in [3.63, 3.8) is 0 Å². The summed E-state index contributed by atoms with van der Waals surface area (Å²) in [5.74, 6) is 0. The van der Waals surface area contributed by atoms with Crippen LogP contribution in [0, 0.1) is 11.3 Å². The minimum Gasteiger partial charge on any atom is -0.383 e. The number of nitriles is 1. The normalized spacial score (nSPS) is 20.1. The van der Waals surface area contributed by atoms with Gasteiger partial charge in [-0.3, -0.25) is 0 Å². The highest BCUT2D eigenvalue weighted by molar-refractivity contribution is 5.47. The predicted octanol–water partition coefficient (Wildman–Crippen LogP) is 2.11. The van der Waals surface area contributed by atoms with Crippen LogP contribution in [0.5, 0.6) is 0 Å². The standard InChI is InChI=1S/C13H17N3/c14-9-11-4-6-12(7-5-11)16-10-13-3-1-2-8-15-13/h4-7,13,15-16H,1-3,8,10H2. The Morgan fingerprint density at radius 2 is 2.12 bits per heavy atom. The molecule has 3 nitrogen and oxygen atoms in total. The van der Waals surface area contributed by atoms with E-state index in [1.807, 2.05) is 24.3 Å². The van der Waals surface area contributed by atoms with Gasteiger partial charge in [-0.2, -0.15) is 5.26 Å². The van der Waals surface area contributed by atoms with Gasteiger partial charge >= 0.3 is 0 Å². The molecule has 16 heavy (non-hydrogen) atoms. The van der Waals surface area contributed by atoms with Gasteiger partial charge in [-0.05, 0) is 43.7 Å². The van der Waals surface area contributed by atoms with Crippen LogP contribution in [0.1, 0.15) is 24.8 Å². The van der Waals surface area contributed by atoms with Crippen LogP contribution in [-0.4, -0.2) is 19.1 Å². The van der Waals surface area contributed by atoms with Crippen molar-refractivity contribution in [2.75, 3.05) is 18.4 Å². The average Bonchev–Trinajstić information content (AvgIpc) is 2.38. The molecule has 0 saturated carbocycles. The number of hydrogen-bond donors (Lipinski definition) is 2. The first-order chi connectivity index (χ1) is 7.88. The molecule has 0 spiro atoms. The van der Waals surface area contributed by atoms with E-state index in [2.05, 4.69) is 16.7 Å². The van der Waals surface area contributed by atoms with Crippen LogP contribution in [0.2, 0.25) is 0 Å². The molecule has 0 aliphatic carbocycles. The van der Waals surface area contributed by atoms with E-state index in [4.69, 9.17) is 5.26 Å². The lowest BCUT2D eigenvalue weighted by Gasteiger charge is -2.24. The molecule has 1 aliphatic rings. The summed E-state index contributed by atoms with van der Waals surface area (Å²) in [5, 5.41) is 15.6. The summed E-state index contributed by atoms with van der Waals surface area (Å²) in [4.78, 5) is 0. The first-order valence-electron chi connectivity index (χ1n) is 5.86. The maximum Gasteiger partial charge on any atom is 0.0991 e. The second kappa shape index (κ2) is 5.53. The third-order valence-electron chi connectivity index (χ3n) is 2.98. The van der Waals surface area contributed by atoms with E-state index in [1.165, 1.54) is 19.3 Å². The molecule has 0 aromatic heterocycles. The predicted molar refractivity (Wildman–Crippen MR) is 65.3 cm³/mol. The molecule has 1 heterocycles. The molecular weight excluding hydrogens is 198 g/mol. The van der Waals surface area contributed by atoms with Gasteiger partial charge in [0.1, 0.15) is 0 Å². The number of nitrogens with one attached hydrogen (secondary N) is 2. The fraction of sp³-hybridized carbons (Fsp3) is 0.462. The van der Waals surface area contributed by atoms with Gasteiger partial charge in [-0.1, -0.05) is 6.42 Å². The van der Waals surface area contributed by atoms with Crippen molar-refractivity contribution in [2.24, 2.45) is 0 Å². The van der Waals surface area contributed by atoms with Crippen molar-refractivity contribution in [2.45, 2.75) is 25.3 Å². The molecule has 1 aromatic carbocycles. The molecule has 0 amide bonds. The van der Waals surface area contributed by atoms with Crippen LogP contribution in [0.15, 0.2) is 24.3 Å². The molecule has 1 fully saturated rings. The first-order valence-corrected chi connectivity index (χ1v) is 5.86. The van der Waals surface area contributed by atoms with Crippen molar-refractivity contribution in [1.29, 1.82) is 5.26 Å². The van der Waals surface area contributed by atoms with Crippen molar-refractivity contribution in [3.8, 4) is 6.07 Å². The lowest BCUT2D eigenvalue weighted by molar-refractivity contribution is 0.414. The van der Waals surface area contributed by atoms with E-state index in [9.17, 15) is 0 Å². The molecule has 1 aromatic rings. The Morgan fingerprint density at radius 3 is 2.75 bits per heavy atom. The minimum absolute atomic E-state index is 0.587. The van der Waals surface area contributed by atoms with E-state index >= 15 is 0 Å². The van der Waals surface area contributed by atoms with Gasteiger partial charge in [0.05, 0.1) is 11.6 Å². The molecule has 1 unspecified atom stereocenters. The van der Waals surface area contributed by atoms with Crippen molar-refractivity contribution < 1.29 is 0 Å². The third kappa shape index (κ3) is 2.98. The highest BCUT2D eigenvalue weighted by Gasteiger charge is 2.11. The molecule has 1 saturated heterocycles. The maximum atomic E-state index is 8.68. The Bertz CT molecular complexity index is 358. The van der Waals surface area contributed by atoms with Crippen LogP contribution >= 0.6 is 0 Å². The van der Waals surface area contributed by atoms with Gasteiger partial charge in [0.25, 0.3) is 0 Å². The summed E-state index contributed by atoms with van der Waals surface area (Å²) in [5.41, 5.74) is 1.80. The molecule has 3 heteroatoms. The fourth-order valence-corrected chi connectivity index (χ4v) is 2.00. The molecule has 0 radical (unpaired) electrons. The van der Waals surface area contributed by atoms with Gasteiger partial charge in [0, 0.05) is 18.3 Å². The monoisotopic (exact) mass is 215 g/mol. The molecule has 0 bridgehead atoms. The van der Waals surface area contributed by atoms with Crippen LogP contribution in [0.25, 0.3) is 0 Å². The summed E-state index contributed by atoms with van der Waals surface area (Å²) < 4.78 is 0. The Balaban J connectivity index is 1.82. The number of anilines is 1. The SMILES string of the molecule is N#Cc1ccc(NCC2CCCCN2)cc1. The smallest absolute Gasteiger partial charge is 0.0991 e. The number of nitrogens with zero attached hydrogens (tertiary/aromatic N) is 1. The minimum atomic E-state index is 0.587. The number of rotatable bonds is 3. The number of hydrogen-bond acceptors (Lipinski definition) is 3. The number of benzene rings is 1. The highest BCUT2D eigenvalue weighted by Crippen LogP contribution is 2.11. The van der Waals surface area contributed by atoms with E-state index in [1.54, 1.807) is 0 Å². The maximum absolute atomic E-state index is 8.68. The highest BCUT2D eigenvalue weighted by atomic mass is 15.0. The molecular formula is C13H17N3. The van der Waals surface area contributed by atoms with Gasteiger partial charge in [0.15, 0.2) is 0 Å². The van der Waals surface area contributed by atoms with E-state index in [0.29, 0.717) is 11.6 Å². The second-order valence-corrected chi connectivity index (χ2v) is 4.22. The van der Waals surface area contributed by atoms with E-state index in [-0.39, 0.29) is 0 Å². The summed E-state index contributed by atoms with van der Waals surface area (Å²) in [7, 11) is 0. The van der Waals surface area contributed by atoms with Gasteiger partial charge < -0.3 is 10.6 Å². The largest absolute Gasteiger partial charge is 0.383 e. The Kier molecular flexibility index (Phi) is 3.79. The van der Waals surface area contributed by atoms with Gasteiger partial charge in [0.2, 0.25) is 0 Å². The van der Waals surface area contributed by atoms with Crippen molar-refractivity contribution in [3.05, 3.63) is 29.8 Å². The Labute approximate surface area is 96.5 Å². The molecule has 1 aliphatic heterocycles. The molecule has 84 valence electrons. The van der Waals surface area contributed by atoms with E-state index in [0.717, 1.165) is 18.8 Å². The quantitative estimate of drug-likeness (QED) is 0.812. The van der Waals surface area contributed by atoms with Gasteiger partial charge in [-0.15, -0.1) is 0 Å².